The fourth-order valence-electron chi connectivity index (χ4n) is 2.67. The SMILES string of the molecule is Cc1nc(CN2CCCC(N(C)C(=O)N(C)C)C2)co1. The number of hydrogen-bond donors (Lipinski definition) is 0. The predicted molar refractivity (Wildman–Crippen MR) is 76.4 cm³/mol. The first-order valence-corrected chi connectivity index (χ1v) is 7.05. The van der Waals surface area contributed by atoms with Crippen LogP contribution in [0.3, 0.4) is 0 Å². The third-order valence-corrected chi connectivity index (χ3v) is 3.76. The smallest absolute Gasteiger partial charge is 0.319 e. The number of piperidine rings is 1. The van der Waals surface area contributed by atoms with E-state index in [4.69, 9.17) is 4.42 Å². The Bertz CT molecular complexity index is 458. The average molecular weight is 280 g/mol. The molecule has 0 bridgehead atoms. The Hall–Kier alpha value is -1.56. The van der Waals surface area contributed by atoms with E-state index in [1.54, 1.807) is 25.3 Å². The molecular formula is C14H24N4O2. The topological polar surface area (TPSA) is 52.8 Å². The maximum Gasteiger partial charge on any atom is 0.319 e. The van der Waals surface area contributed by atoms with Crippen LogP contribution < -0.4 is 0 Å². The van der Waals surface area contributed by atoms with Crippen LogP contribution in [0.15, 0.2) is 10.7 Å². The van der Waals surface area contributed by atoms with Gasteiger partial charge in [-0.1, -0.05) is 0 Å². The summed E-state index contributed by atoms with van der Waals surface area (Å²) in [4.78, 5) is 22.2. The molecule has 1 aromatic heterocycles. The summed E-state index contributed by atoms with van der Waals surface area (Å²) in [5.41, 5.74) is 0.963. The molecule has 2 amide bonds. The summed E-state index contributed by atoms with van der Waals surface area (Å²) in [7, 11) is 5.46. The highest BCUT2D eigenvalue weighted by molar-refractivity contribution is 5.73. The van der Waals surface area contributed by atoms with Gasteiger partial charge in [0.15, 0.2) is 5.89 Å². The van der Waals surface area contributed by atoms with Gasteiger partial charge in [0.25, 0.3) is 0 Å². The highest BCUT2D eigenvalue weighted by Crippen LogP contribution is 2.17. The van der Waals surface area contributed by atoms with E-state index >= 15 is 0 Å². The molecule has 0 aliphatic carbocycles. The number of nitrogens with zero attached hydrogens (tertiary/aromatic N) is 4. The van der Waals surface area contributed by atoms with Crippen molar-refractivity contribution in [1.82, 2.24) is 19.7 Å². The summed E-state index contributed by atoms with van der Waals surface area (Å²) in [5.74, 6) is 0.702. The molecule has 0 spiro atoms. The third-order valence-electron chi connectivity index (χ3n) is 3.76. The van der Waals surface area contributed by atoms with E-state index in [1.807, 2.05) is 18.9 Å². The first kappa shape index (κ1) is 14.8. The van der Waals surface area contributed by atoms with Crippen LogP contribution in [0.2, 0.25) is 0 Å². The van der Waals surface area contributed by atoms with Crippen molar-refractivity contribution in [1.29, 1.82) is 0 Å². The quantitative estimate of drug-likeness (QED) is 0.843. The minimum Gasteiger partial charge on any atom is -0.449 e. The van der Waals surface area contributed by atoms with Gasteiger partial charge in [-0.2, -0.15) is 0 Å². The minimum atomic E-state index is 0.0640. The number of urea groups is 1. The van der Waals surface area contributed by atoms with Gasteiger partial charge in [-0.15, -0.1) is 0 Å². The third kappa shape index (κ3) is 3.50. The van der Waals surface area contributed by atoms with E-state index in [9.17, 15) is 4.79 Å². The molecule has 0 saturated carbocycles. The van der Waals surface area contributed by atoms with Crippen molar-refractivity contribution >= 4 is 6.03 Å². The Morgan fingerprint density at radius 1 is 1.50 bits per heavy atom. The number of aromatic nitrogens is 1. The van der Waals surface area contributed by atoms with Crippen LogP contribution in [-0.2, 0) is 6.54 Å². The van der Waals surface area contributed by atoms with Gasteiger partial charge in [-0.3, -0.25) is 4.90 Å². The van der Waals surface area contributed by atoms with Crippen LogP contribution in [0.5, 0.6) is 0 Å². The van der Waals surface area contributed by atoms with Crippen molar-refractivity contribution < 1.29 is 9.21 Å². The molecule has 20 heavy (non-hydrogen) atoms. The number of oxazole rings is 1. The zero-order valence-corrected chi connectivity index (χ0v) is 12.8. The Morgan fingerprint density at radius 2 is 2.25 bits per heavy atom. The van der Waals surface area contributed by atoms with Crippen LogP contribution in [0.25, 0.3) is 0 Å². The second-order valence-corrected chi connectivity index (χ2v) is 5.68. The lowest BCUT2D eigenvalue weighted by Crippen LogP contribution is -2.50. The second kappa shape index (κ2) is 6.26. The summed E-state index contributed by atoms with van der Waals surface area (Å²) >= 11 is 0. The zero-order valence-electron chi connectivity index (χ0n) is 12.8. The summed E-state index contributed by atoms with van der Waals surface area (Å²) < 4.78 is 5.24. The van der Waals surface area contributed by atoms with Gasteiger partial charge >= 0.3 is 6.03 Å². The second-order valence-electron chi connectivity index (χ2n) is 5.68. The molecule has 2 rings (SSSR count). The molecule has 1 saturated heterocycles. The molecule has 1 atom stereocenters. The highest BCUT2D eigenvalue weighted by atomic mass is 16.3. The van der Waals surface area contributed by atoms with E-state index in [0.717, 1.165) is 38.2 Å². The fraction of sp³-hybridized carbons (Fsp3) is 0.714. The molecule has 0 radical (unpaired) electrons. The Morgan fingerprint density at radius 3 is 2.85 bits per heavy atom. The largest absolute Gasteiger partial charge is 0.449 e. The lowest BCUT2D eigenvalue weighted by molar-refractivity contribution is 0.109. The first-order valence-electron chi connectivity index (χ1n) is 7.05. The fourth-order valence-corrected chi connectivity index (χ4v) is 2.67. The van der Waals surface area contributed by atoms with Crippen molar-refractivity contribution in [2.24, 2.45) is 0 Å². The summed E-state index contributed by atoms with van der Waals surface area (Å²) in [6.07, 6.45) is 3.88. The van der Waals surface area contributed by atoms with Crippen LogP contribution in [0, 0.1) is 6.92 Å². The molecule has 1 aliphatic rings. The summed E-state index contributed by atoms with van der Waals surface area (Å²) in [6.45, 7) is 4.58. The number of rotatable bonds is 3. The van der Waals surface area contributed by atoms with E-state index in [0.29, 0.717) is 5.89 Å². The maximum absolute atomic E-state index is 12.0. The molecule has 1 aromatic rings. The van der Waals surface area contributed by atoms with Gasteiger partial charge in [-0.05, 0) is 19.4 Å². The lowest BCUT2D eigenvalue weighted by atomic mass is 10.0. The van der Waals surface area contributed by atoms with Gasteiger partial charge in [0.2, 0.25) is 0 Å². The number of carbonyl (C=O) groups excluding carboxylic acids is 1. The number of likely N-dealkylation sites (N-methyl/N-ethyl adjacent to an activating group) is 1. The van der Waals surface area contributed by atoms with Gasteiger partial charge < -0.3 is 14.2 Å². The molecule has 1 unspecified atom stereocenters. The van der Waals surface area contributed by atoms with E-state index in [-0.39, 0.29) is 12.1 Å². The molecule has 0 N–H and O–H groups in total. The number of hydrogen-bond acceptors (Lipinski definition) is 4. The molecule has 1 fully saturated rings. The van der Waals surface area contributed by atoms with E-state index in [1.165, 1.54) is 0 Å². The first-order chi connectivity index (χ1) is 9.47. The molecule has 2 heterocycles. The van der Waals surface area contributed by atoms with Gasteiger partial charge in [0, 0.05) is 47.2 Å². The number of carbonyl (C=O) groups is 1. The Balaban J connectivity index is 1.93. The van der Waals surface area contributed by atoms with Crippen molar-refractivity contribution in [3.8, 4) is 0 Å². The monoisotopic (exact) mass is 280 g/mol. The molecule has 0 aromatic carbocycles. The standard InChI is InChI=1S/C14H24N4O2/c1-11-15-12(10-20-11)8-18-7-5-6-13(9-18)17(4)14(19)16(2)3/h10,13H,5-9H2,1-4H3. The minimum absolute atomic E-state index is 0.0640. The molecule has 112 valence electrons. The van der Waals surface area contributed by atoms with Crippen LogP contribution in [0.4, 0.5) is 4.79 Å². The molecule has 6 nitrogen and oxygen atoms in total. The number of amides is 2. The molecular weight excluding hydrogens is 256 g/mol. The normalized spacial score (nSPS) is 19.9. The average Bonchev–Trinajstić information content (AvgIpc) is 2.82. The predicted octanol–water partition coefficient (Wildman–Crippen LogP) is 1.56. The van der Waals surface area contributed by atoms with E-state index in [2.05, 4.69) is 9.88 Å². The lowest BCUT2D eigenvalue weighted by Gasteiger charge is -2.38. The van der Waals surface area contributed by atoms with Gasteiger partial charge in [0.1, 0.15) is 6.26 Å². The van der Waals surface area contributed by atoms with Crippen LogP contribution in [0.1, 0.15) is 24.4 Å². The van der Waals surface area contributed by atoms with Crippen molar-refractivity contribution in [2.75, 3.05) is 34.2 Å². The van der Waals surface area contributed by atoms with Gasteiger partial charge in [-0.25, -0.2) is 9.78 Å². The van der Waals surface area contributed by atoms with Crippen molar-refractivity contribution in [3.05, 3.63) is 17.8 Å². The van der Waals surface area contributed by atoms with Crippen molar-refractivity contribution in [2.45, 2.75) is 32.4 Å². The summed E-state index contributed by atoms with van der Waals surface area (Å²) in [5, 5.41) is 0. The maximum atomic E-state index is 12.0. The number of likely N-dealkylation sites (tertiary alicyclic amines) is 1. The molecule has 6 heteroatoms. The van der Waals surface area contributed by atoms with Crippen LogP contribution in [-0.4, -0.2) is 66.0 Å². The van der Waals surface area contributed by atoms with Crippen LogP contribution >= 0.6 is 0 Å². The highest BCUT2D eigenvalue weighted by Gasteiger charge is 2.27. The number of aryl methyl sites for hydroxylation is 1. The zero-order chi connectivity index (χ0) is 14.7. The summed E-state index contributed by atoms with van der Waals surface area (Å²) in [6, 6.07) is 0.334. The van der Waals surface area contributed by atoms with Gasteiger partial charge in [0.05, 0.1) is 5.69 Å². The van der Waals surface area contributed by atoms with E-state index < -0.39 is 0 Å². The van der Waals surface area contributed by atoms with Crippen molar-refractivity contribution in [3.63, 3.8) is 0 Å². The molecule has 1 aliphatic heterocycles. The Labute approximate surface area is 120 Å². The Kier molecular flexibility index (Phi) is 4.65.